The topological polar surface area (TPSA) is 49.9 Å². The fraction of sp³-hybridized carbons (Fsp3) is 0.429. The first-order valence-electron chi connectivity index (χ1n) is 12.2. The van der Waals surface area contributed by atoms with E-state index < -0.39 is 0 Å². The number of carbonyl (C=O) groups is 2. The van der Waals surface area contributed by atoms with Gasteiger partial charge < -0.3 is 9.64 Å². The molecule has 5 nitrogen and oxygen atoms in total. The van der Waals surface area contributed by atoms with Gasteiger partial charge in [-0.2, -0.15) is 0 Å². The summed E-state index contributed by atoms with van der Waals surface area (Å²) < 4.78 is 5.57. The van der Waals surface area contributed by atoms with Crippen molar-refractivity contribution in [2.45, 2.75) is 52.9 Å². The van der Waals surface area contributed by atoms with Crippen LogP contribution < -0.4 is 9.64 Å². The molecule has 0 aromatic heterocycles. The molecule has 4 rings (SSSR count). The average molecular weight is 447 g/mol. The maximum atomic E-state index is 13.7. The number of carbonyl (C=O) groups excluding carboxylic acids is 2. The van der Waals surface area contributed by atoms with Gasteiger partial charge in [-0.1, -0.05) is 44.5 Å². The van der Waals surface area contributed by atoms with Gasteiger partial charge in [0, 0.05) is 13.1 Å². The molecule has 1 fully saturated rings. The number of likely N-dealkylation sites (tertiary alicyclic amines) is 1. The molecule has 0 radical (unpaired) electrons. The maximum absolute atomic E-state index is 13.7. The maximum Gasteiger partial charge on any atom is 0.282 e. The van der Waals surface area contributed by atoms with Crippen molar-refractivity contribution in [1.82, 2.24) is 4.90 Å². The molecule has 2 aliphatic rings. The Morgan fingerprint density at radius 1 is 0.970 bits per heavy atom. The third-order valence-electron chi connectivity index (χ3n) is 6.50. The van der Waals surface area contributed by atoms with Crippen molar-refractivity contribution in [2.24, 2.45) is 5.92 Å². The summed E-state index contributed by atoms with van der Waals surface area (Å²) in [6, 6.07) is 15.4. The van der Waals surface area contributed by atoms with E-state index in [-0.39, 0.29) is 11.8 Å². The van der Waals surface area contributed by atoms with E-state index in [1.807, 2.05) is 55.5 Å². The summed E-state index contributed by atoms with van der Waals surface area (Å²) in [5.41, 5.74) is 3.64. The van der Waals surface area contributed by atoms with E-state index >= 15 is 0 Å². The van der Waals surface area contributed by atoms with Gasteiger partial charge in [0.25, 0.3) is 11.8 Å². The second-order valence-electron chi connectivity index (χ2n) is 9.09. The molecule has 0 saturated carbocycles. The molecule has 1 unspecified atom stereocenters. The normalized spacial score (nSPS) is 18.9. The number of imide groups is 1. The van der Waals surface area contributed by atoms with Crippen molar-refractivity contribution in [3.63, 3.8) is 0 Å². The number of rotatable bonds is 8. The van der Waals surface area contributed by atoms with Crippen LogP contribution in [0.4, 0.5) is 5.69 Å². The number of aryl methyl sites for hydroxylation is 1. The van der Waals surface area contributed by atoms with Crippen LogP contribution in [-0.4, -0.2) is 36.4 Å². The molecule has 0 aliphatic carbocycles. The number of anilines is 1. The highest BCUT2D eigenvalue weighted by Gasteiger charge is 2.43. The van der Waals surface area contributed by atoms with Crippen molar-refractivity contribution >= 4 is 23.1 Å². The van der Waals surface area contributed by atoms with Crippen LogP contribution in [0.2, 0.25) is 0 Å². The van der Waals surface area contributed by atoms with Gasteiger partial charge in [-0.3, -0.25) is 9.59 Å². The standard InChI is InChI=1S/C28H34N2O3/c1-4-6-9-21-10-14-23(15-11-21)30-27(31)25(22-12-16-24(17-13-22)33-5-2)26(28(30)32)29-18-7-8-20(3)19-29/h10-17,20H,4-9,18-19H2,1-3H3. The van der Waals surface area contributed by atoms with Gasteiger partial charge in [-0.05, 0) is 73.9 Å². The van der Waals surface area contributed by atoms with Crippen molar-refractivity contribution in [2.75, 3.05) is 24.6 Å². The highest BCUT2D eigenvalue weighted by atomic mass is 16.5. The minimum atomic E-state index is -0.251. The molecule has 174 valence electrons. The fourth-order valence-corrected chi connectivity index (χ4v) is 4.78. The SMILES string of the molecule is CCCCc1ccc(N2C(=O)C(c3ccc(OCC)cc3)=C(N3CCCC(C)C3)C2=O)cc1. The minimum absolute atomic E-state index is 0.223. The third kappa shape index (κ3) is 4.82. The Kier molecular flexibility index (Phi) is 7.17. The predicted molar refractivity (Wildman–Crippen MR) is 132 cm³/mol. The number of nitrogens with zero attached hydrogens (tertiary/aromatic N) is 2. The molecule has 2 aromatic rings. The number of hydrogen-bond donors (Lipinski definition) is 0. The third-order valence-corrected chi connectivity index (χ3v) is 6.50. The van der Waals surface area contributed by atoms with E-state index in [0.717, 1.165) is 56.5 Å². The Morgan fingerprint density at radius 3 is 2.33 bits per heavy atom. The number of unbranched alkanes of at least 4 members (excludes halogenated alkanes) is 1. The van der Waals surface area contributed by atoms with Crippen LogP contribution in [0.1, 0.15) is 57.6 Å². The van der Waals surface area contributed by atoms with Crippen LogP contribution >= 0.6 is 0 Å². The van der Waals surface area contributed by atoms with Crippen LogP contribution in [0.15, 0.2) is 54.2 Å². The first kappa shape index (κ1) is 23.1. The lowest BCUT2D eigenvalue weighted by atomic mass is 9.97. The summed E-state index contributed by atoms with van der Waals surface area (Å²) >= 11 is 0. The second kappa shape index (κ2) is 10.2. The molecule has 2 amide bonds. The van der Waals surface area contributed by atoms with E-state index in [0.29, 0.717) is 29.5 Å². The largest absolute Gasteiger partial charge is 0.494 e. The lowest BCUT2D eigenvalue weighted by Crippen LogP contribution is -2.39. The summed E-state index contributed by atoms with van der Waals surface area (Å²) in [6.45, 7) is 8.49. The van der Waals surface area contributed by atoms with Crippen LogP contribution in [0.3, 0.4) is 0 Å². The Bertz CT molecular complexity index is 1020. The lowest BCUT2D eigenvalue weighted by molar-refractivity contribution is -0.120. The molecule has 0 spiro atoms. The Morgan fingerprint density at radius 2 is 1.70 bits per heavy atom. The summed E-state index contributed by atoms with van der Waals surface area (Å²) in [6.07, 6.45) is 5.44. The molecular weight excluding hydrogens is 412 g/mol. The molecule has 2 aromatic carbocycles. The van der Waals surface area contributed by atoms with Gasteiger partial charge in [-0.15, -0.1) is 0 Å². The van der Waals surface area contributed by atoms with Gasteiger partial charge >= 0.3 is 0 Å². The van der Waals surface area contributed by atoms with Crippen LogP contribution in [0.25, 0.3) is 5.57 Å². The molecular formula is C28H34N2O3. The second-order valence-corrected chi connectivity index (χ2v) is 9.09. The zero-order valence-electron chi connectivity index (χ0n) is 20.0. The molecule has 0 N–H and O–H groups in total. The van der Waals surface area contributed by atoms with Crippen molar-refractivity contribution < 1.29 is 14.3 Å². The zero-order chi connectivity index (χ0) is 23.4. The molecule has 2 heterocycles. The Labute approximate surface area is 197 Å². The highest BCUT2D eigenvalue weighted by Crippen LogP contribution is 2.37. The average Bonchev–Trinajstić information content (AvgIpc) is 3.09. The number of amides is 2. The van der Waals surface area contributed by atoms with Gasteiger partial charge in [-0.25, -0.2) is 4.90 Å². The highest BCUT2D eigenvalue weighted by molar-refractivity contribution is 6.45. The van der Waals surface area contributed by atoms with Gasteiger partial charge in [0.05, 0.1) is 17.9 Å². The van der Waals surface area contributed by atoms with Crippen LogP contribution in [0, 0.1) is 5.92 Å². The van der Waals surface area contributed by atoms with Crippen LogP contribution in [0.5, 0.6) is 5.75 Å². The van der Waals surface area contributed by atoms with Crippen molar-refractivity contribution in [3.8, 4) is 5.75 Å². The number of ether oxygens (including phenoxy) is 1. The number of piperidine rings is 1. The van der Waals surface area contributed by atoms with Crippen molar-refractivity contribution in [3.05, 3.63) is 65.4 Å². The fourth-order valence-electron chi connectivity index (χ4n) is 4.78. The molecule has 0 bridgehead atoms. The molecule has 2 aliphatic heterocycles. The number of benzene rings is 2. The van der Waals surface area contributed by atoms with Crippen LogP contribution in [-0.2, 0) is 16.0 Å². The Hall–Kier alpha value is -3.08. The molecule has 33 heavy (non-hydrogen) atoms. The summed E-state index contributed by atoms with van der Waals surface area (Å²) in [5.74, 6) is 0.770. The van der Waals surface area contributed by atoms with Gasteiger partial charge in [0.1, 0.15) is 11.4 Å². The summed E-state index contributed by atoms with van der Waals surface area (Å²) in [5, 5.41) is 0. The van der Waals surface area contributed by atoms with E-state index in [1.54, 1.807) is 0 Å². The molecule has 1 atom stereocenters. The van der Waals surface area contributed by atoms with Gasteiger partial charge in [0.15, 0.2) is 0 Å². The van der Waals surface area contributed by atoms with Crippen molar-refractivity contribution in [1.29, 1.82) is 0 Å². The predicted octanol–water partition coefficient (Wildman–Crippen LogP) is 5.44. The number of hydrogen-bond acceptors (Lipinski definition) is 4. The van der Waals surface area contributed by atoms with E-state index in [9.17, 15) is 9.59 Å². The Balaban J connectivity index is 1.71. The summed E-state index contributed by atoms with van der Waals surface area (Å²) in [4.78, 5) is 30.9. The first-order valence-corrected chi connectivity index (χ1v) is 12.2. The van der Waals surface area contributed by atoms with E-state index in [1.165, 1.54) is 10.5 Å². The quantitative estimate of drug-likeness (QED) is 0.507. The summed E-state index contributed by atoms with van der Waals surface area (Å²) in [7, 11) is 0. The molecule has 5 heteroatoms. The first-order chi connectivity index (χ1) is 16.0. The monoisotopic (exact) mass is 446 g/mol. The minimum Gasteiger partial charge on any atom is -0.494 e. The smallest absolute Gasteiger partial charge is 0.282 e. The lowest BCUT2D eigenvalue weighted by Gasteiger charge is -2.33. The van der Waals surface area contributed by atoms with E-state index in [2.05, 4.69) is 18.7 Å². The van der Waals surface area contributed by atoms with E-state index in [4.69, 9.17) is 4.74 Å². The van der Waals surface area contributed by atoms with Gasteiger partial charge in [0.2, 0.25) is 0 Å². The molecule has 1 saturated heterocycles. The zero-order valence-corrected chi connectivity index (χ0v) is 20.0.